The SMILES string of the molecule is NC(=O)[C@@H]1CCCN1C(=O)/C=C\c1c(F)cccc1F. The van der Waals surface area contributed by atoms with Crippen molar-refractivity contribution < 1.29 is 18.4 Å². The Morgan fingerprint density at radius 1 is 1.30 bits per heavy atom. The lowest BCUT2D eigenvalue weighted by molar-refractivity contribution is -0.133. The highest BCUT2D eigenvalue weighted by Gasteiger charge is 2.31. The Balaban J connectivity index is 2.15. The lowest BCUT2D eigenvalue weighted by atomic mass is 10.1. The summed E-state index contributed by atoms with van der Waals surface area (Å²) in [5.74, 6) is -2.54. The Bertz CT molecular complexity index is 552. The van der Waals surface area contributed by atoms with Crippen molar-refractivity contribution in [1.29, 1.82) is 0 Å². The lowest BCUT2D eigenvalue weighted by Crippen LogP contribution is -2.43. The minimum absolute atomic E-state index is 0.282. The number of nitrogens with zero attached hydrogens (tertiary/aromatic N) is 1. The number of benzene rings is 1. The fourth-order valence-corrected chi connectivity index (χ4v) is 2.25. The van der Waals surface area contributed by atoms with Crippen molar-refractivity contribution in [3.63, 3.8) is 0 Å². The molecule has 2 rings (SSSR count). The van der Waals surface area contributed by atoms with Crippen molar-refractivity contribution >= 4 is 17.9 Å². The highest BCUT2D eigenvalue weighted by Crippen LogP contribution is 2.18. The standard InChI is InChI=1S/C14H14F2N2O2/c15-10-3-1-4-11(16)9(10)6-7-13(19)18-8-2-5-12(18)14(17)20/h1,3-4,6-7,12H,2,5,8H2,(H2,17,20)/b7-6-/t12-/m0/s1. The van der Waals surface area contributed by atoms with Gasteiger partial charge in [0.15, 0.2) is 0 Å². The van der Waals surface area contributed by atoms with Gasteiger partial charge >= 0.3 is 0 Å². The molecular weight excluding hydrogens is 266 g/mol. The monoisotopic (exact) mass is 280 g/mol. The zero-order chi connectivity index (χ0) is 14.7. The van der Waals surface area contributed by atoms with E-state index >= 15 is 0 Å². The number of rotatable bonds is 3. The van der Waals surface area contributed by atoms with E-state index < -0.39 is 29.5 Å². The number of hydrogen-bond acceptors (Lipinski definition) is 2. The summed E-state index contributed by atoms with van der Waals surface area (Å²) in [7, 11) is 0. The number of hydrogen-bond donors (Lipinski definition) is 1. The van der Waals surface area contributed by atoms with Gasteiger partial charge in [0, 0.05) is 18.2 Å². The van der Waals surface area contributed by atoms with Crippen LogP contribution in [0.15, 0.2) is 24.3 Å². The van der Waals surface area contributed by atoms with Crippen molar-refractivity contribution in [2.24, 2.45) is 5.73 Å². The van der Waals surface area contributed by atoms with E-state index in [2.05, 4.69) is 0 Å². The molecule has 20 heavy (non-hydrogen) atoms. The average Bonchev–Trinajstić information content (AvgIpc) is 2.87. The molecule has 0 saturated carbocycles. The van der Waals surface area contributed by atoms with Crippen LogP contribution in [0.2, 0.25) is 0 Å². The first kappa shape index (κ1) is 14.2. The van der Waals surface area contributed by atoms with E-state index in [-0.39, 0.29) is 5.56 Å². The van der Waals surface area contributed by atoms with Crippen molar-refractivity contribution in [2.45, 2.75) is 18.9 Å². The van der Waals surface area contributed by atoms with Gasteiger partial charge in [-0.2, -0.15) is 0 Å². The predicted octanol–water partition coefficient (Wildman–Crippen LogP) is 1.45. The van der Waals surface area contributed by atoms with Crippen LogP contribution in [-0.2, 0) is 9.59 Å². The molecule has 2 amide bonds. The molecule has 1 atom stereocenters. The maximum Gasteiger partial charge on any atom is 0.247 e. The minimum atomic E-state index is -0.748. The molecule has 1 aliphatic heterocycles. The maximum absolute atomic E-state index is 13.4. The predicted molar refractivity (Wildman–Crippen MR) is 69.3 cm³/mol. The smallest absolute Gasteiger partial charge is 0.247 e. The molecule has 1 heterocycles. The Hall–Kier alpha value is -2.24. The van der Waals surface area contributed by atoms with E-state index in [1.807, 2.05) is 0 Å². The van der Waals surface area contributed by atoms with E-state index in [1.165, 1.54) is 11.0 Å². The summed E-state index contributed by atoms with van der Waals surface area (Å²) in [6.45, 7) is 0.413. The minimum Gasteiger partial charge on any atom is -0.368 e. The third-order valence-electron chi connectivity index (χ3n) is 3.26. The van der Waals surface area contributed by atoms with E-state index in [0.717, 1.165) is 24.3 Å². The lowest BCUT2D eigenvalue weighted by Gasteiger charge is -2.20. The molecule has 6 heteroatoms. The largest absolute Gasteiger partial charge is 0.368 e. The molecule has 1 aromatic carbocycles. The number of amides is 2. The number of primary amides is 1. The molecule has 0 spiro atoms. The van der Waals surface area contributed by atoms with Crippen LogP contribution in [0.5, 0.6) is 0 Å². The van der Waals surface area contributed by atoms with Crippen LogP contribution >= 0.6 is 0 Å². The molecule has 0 aliphatic carbocycles. The van der Waals surface area contributed by atoms with Crippen molar-refractivity contribution in [3.8, 4) is 0 Å². The summed E-state index contributed by atoms with van der Waals surface area (Å²) >= 11 is 0. The van der Waals surface area contributed by atoms with Gasteiger partial charge in [0.1, 0.15) is 17.7 Å². The number of carbonyl (C=O) groups is 2. The Labute approximate surface area is 114 Å². The fraction of sp³-hybridized carbons (Fsp3) is 0.286. The van der Waals surface area contributed by atoms with Gasteiger partial charge in [-0.1, -0.05) is 6.07 Å². The third kappa shape index (κ3) is 2.84. The molecule has 0 aromatic heterocycles. The van der Waals surface area contributed by atoms with E-state index in [9.17, 15) is 18.4 Å². The summed E-state index contributed by atoms with van der Waals surface area (Å²) in [5.41, 5.74) is 4.92. The number of likely N-dealkylation sites (tertiary alicyclic amines) is 1. The van der Waals surface area contributed by atoms with Crippen LogP contribution in [0, 0.1) is 11.6 Å². The van der Waals surface area contributed by atoms with Gasteiger partial charge in [0.25, 0.3) is 0 Å². The van der Waals surface area contributed by atoms with Crippen LogP contribution in [0.3, 0.4) is 0 Å². The molecule has 0 unspecified atom stereocenters. The van der Waals surface area contributed by atoms with Gasteiger partial charge in [-0.25, -0.2) is 8.78 Å². The molecule has 1 fully saturated rings. The Morgan fingerprint density at radius 3 is 2.55 bits per heavy atom. The number of carbonyl (C=O) groups excluding carboxylic acids is 2. The molecular formula is C14H14F2N2O2. The zero-order valence-electron chi connectivity index (χ0n) is 10.7. The van der Waals surface area contributed by atoms with Gasteiger partial charge in [-0.3, -0.25) is 9.59 Å². The highest BCUT2D eigenvalue weighted by molar-refractivity contribution is 5.95. The quantitative estimate of drug-likeness (QED) is 0.852. The summed E-state index contributed by atoms with van der Waals surface area (Å²) in [6.07, 6.45) is 3.33. The molecule has 1 aliphatic rings. The molecule has 0 bridgehead atoms. The molecule has 0 radical (unpaired) electrons. The number of nitrogens with two attached hydrogens (primary N) is 1. The highest BCUT2D eigenvalue weighted by atomic mass is 19.1. The maximum atomic E-state index is 13.4. The van der Waals surface area contributed by atoms with Crippen LogP contribution in [0.25, 0.3) is 6.08 Å². The fourth-order valence-electron chi connectivity index (χ4n) is 2.25. The first-order chi connectivity index (χ1) is 9.50. The first-order valence-electron chi connectivity index (χ1n) is 6.22. The van der Waals surface area contributed by atoms with E-state index in [0.29, 0.717) is 19.4 Å². The van der Waals surface area contributed by atoms with Gasteiger partial charge in [-0.05, 0) is 31.1 Å². The van der Waals surface area contributed by atoms with E-state index in [4.69, 9.17) is 5.73 Å². The first-order valence-corrected chi connectivity index (χ1v) is 6.22. The normalized spacial score (nSPS) is 18.7. The summed E-state index contributed by atoms with van der Waals surface area (Å²) < 4.78 is 26.8. The van der Waals surface area contributed by atoms with Crippen LogP contribution in [0.4, 0.5) is 8.78 Å². The molecule has 1 aromatic rings. The van der Waals surface area contributed by atoms with Crippen LogP contribution in [0.1, 0.15) is 18.4 Å². The summed E-state index contributed by atoms with van der Waals surface area (Å²) in [5, 5.41) is 0. The molecule has 2 N–H and O–H groups in total. The van der Waals surface area contributed by atoms with Crippen molar-refractivity contribution in [1.82, 2.24) is 4.90 Å². The molecule has 4 nitrogen and oxygen atoms in total. The second-order valence-corrected chi connectivity index (χ2v) is 4.56. The molecule has 106 valence electrons. The van der Waals surface area contributed by atoms with Crippen molar-refractivity contribution in [3.05, 3.63) is 41.5 Å². The van der Waals surface area contributed by atoms with Crippen molar-refractivity contribution in [2.75, 3.05) is 6.54 Å². The zero-order valence-corrected chi connectivity index (χ0v) is 10.7. The van der Waals surface area contributed by atoms with Crippen LogP contribution < -0.4 is 5.73 Å². The Morgan fingerprint density at radius 2 is 1.95 bits per heavy atom. The van der Waals surface area contributed by atoms with Crippen LogP contribution in [-0.4, -0.2) is 29.3 Å². The van der Waals surface area contributed by atoms with Gasteiger partial charge < -0.3 is 10.6 Å². The second-order valence-electron chi connectivity index (χ2n) is 4.56. The summed E-state index contributed by atoms with van der Waals surface area (Å²) in [4.78, 5) is 24.4. The second kappa shape index (κ2) is 5.81. The summed E-state index contributed by atoms with van der Waals surface area (Å²) in [6, 6.07) is 2.82. The molecule has 1 saturated heterocycles. The average molecular weight is 280 g/mol. The van der Waals surface area contributed by atoms with Gasteiger partial charge in [0.2, 0.25) is 11.8 Å². The van der Waals surface area contributed by atoms with Gasteiger partial charge in [-0.15, -0.1) is 0 Å². The Kier molecular flexibility index (Phi) is 4.12. The topological polar surface area (TPSA) is 63.4 Å². The third-order valence-corrected chi connectivity index (χ3v) is 3.26. The number of halogens is 2. The van der Waals surface area contributed by atoms with Gasteiger partial charge in [0.05, 0.1) is 0 Å². The van der Waals surface area contributed by atoms with E-state index in [1.54, 1.807) is 0 Å².